The summed E-state index contributed by atoms with van der Waals surface area (Å²) in [7, 11) is 1.68. The number of ether oxygens (including phenoxy) is 1. The second kappa shape index (κ2) is 5.43. The molecule has 0 amide bonds. The molecule has 0 spiro atoms. The Bertz CT molecular complexity index is 365. The van der Waals surface area contributed by atoms with E-state index in [1.807, 2.05) is 19.1 Å². The van der Waals surface area contributed by atoms with Crippen LogP contribution < -0.4 is 10.1 Å². The molecule has 1 rings (SSSR count). The van der Waals surface area contributed by atoms with Crippen LogP contribution in [0.25, 0.3) is 0 Å². The highest BCUT2D eigenvalue weighted by Crippen LogP contribution is 2.19. The molecule has 0 heterocycles. The van der Waals surface area contributed by atoms with E-state index in [-0.39, 0.29) is 6.04 Å². The van der Waals surface area contributed by atoms with Gasteiger partial charge in [-0.1, -0.05) is 23.6 Å². The van der Waals surface area contributed by atoms with Crippen LogP contribution in [0.4, 0.5) is 0 Å². The van der Waals surface area contributed by atoms with E-state index >= 15 is 0 Å². The van der Waals surface area contributed by atoms with Gasteiger partial charge in [0.1, 0.15) is 5.75 Å². The quantitative estimate of drug-likeness (QED) is 0.757. The Morgan fingerprint density at radius 1 is 1.53 bits per heavy atom. The Labute approximate surface area is 91.6 Å². The molecule has 1 N–H and O–H groups in total. The second-order valence-corrected chi connectivity index (χ2v) is 3.58. The van der Waals surface area contributed by atoms with E-state index in [9.17, 15) is 0 Å². The Balaban J connectivity index is 2.75. The fourth-order valence-corrected chi connectivity index (χ4v) is 1.37. The first-order chi connectivity index (χ1) is 7.17. The van der Waals surface area contributed by atoms with Crippen molar-refractivity contribution in [3.05, 3.63) is 29.3 Å². The SMILES string of the molecule is C#CC(C)NCc1cc(C)ccc1OC. The molecule has 0 bridgehead atoms. The first kappa shape index (κ1) is 11.6. The maximum Gasteiger partial charge on any atom is 0.123 e. The number of aryl methyl sites for hydroxylation is 1. The number of rotatable bonds is 4. The van der Waals surface area contributed by atoms with E-state index in [0.717, 1.165) is 17.9 Å². The van der Waals surface area contributed by atoms with Crippen molar-refractivity contribution in [1.82, 2.24) is 5.32 Å². The highest BCUT2D eigenvalue weighted by Gasteiger charge is 2.03. The van der Waals surface area contributed by atoms with E-state index in [2.05, 4.69) is 24.2 Å². The zero-order valence-electron chi connectivity index (χ0n) is 9.50. The van der Waals surface area contributed by atoms with Gasteiger partial charge in [-0.15, -0.1) is 6.42 Å². The average Bonchev–Trinajstić information content (AvgIpc) is 2.26. The van der Waals surface area contributed by atoms with Gasteiger partial charge in [-0.25, -0.2) is 0 Å². The van der Waals surface area contributed by atoms with Crippen molar-refractivity contribution >= 4 is 0 Å². The first-order valence-electron chi connectivity index (χ1n) is 5.00. The normalized spacial score (nSPS) is 11.9. The third kappa shape index (κ3) is 3.30. The predicted octanol–water partition coefficient (Wildman–Crippen LogP) is 2.11. The van der Waals surface area contributed by atoms with Gasteiger partial charge in [-0.2, -0.15) is 0 Å². The molecule has 0 saturated carbocycles. The summed E-state index contributed by atoms with van der Waals surface area (Å²) in [6.07, 6.45) is 5.29. The molecule has 0 saturated heterocycles. The first-order valence-corrected chi connectivity index (χ1v) is 5.00. The van der Waals surface area contributed by atoms with E-state index in [1.165, 1.54) is 5.56 Å². The van der Waals surface area contributed by atoms with Crippen LogP contribution in [0.5, 0.6) is 5.75 Å². The predicted molar refractivity (Wildman–Crippen MR) is 62.9 cm³/mol. The Morgan fingerprint density at radius 2 is 2.27 bits per heavy atom. The van der Waals surface area contributed by atoms with Gasteiger partial charge in [0, 0.05) is 12.1 Å². The lowest BCUT2D eigenvalue weighted by Crippen LogP contribution is -2.23. The van der Waals surface area contributed by atoms with Crippen LogP contribution in [0.3, 0.4) is 0 Å². The lowest BCUT2D eigenvalue weighted by atomic mass is 10.1. The second-order valence-electron chi connectivity index (χ2n) is 3.58. The number of methoxy groups -OCH3 is 1. The monoisotopic (exact) mass is 203 g/mol. The number of nitrogens with one attached hydrogen (secondary N) is 1. The van der Waals surface area contributed by atoms with Gasteiger partial charge in [0.25, 0.3) is 0 Å². The smallest absolute Gasteiger partial charge is 0.123 e. The molecule has 1 atom stereocenters. The Morgan fingerprint density at radius 3 is 2.87 bits per heavy atom. The van der Waals surface area contributed by atoms with Gasteiger partial charge >= 0.3 is 0 Å². The highest BCUT2D eigenvalue weighted by atomic mass is 16.5. The molecule has 15 heavy (non-hydrogen) atoms. The molecular formula is C13H17NO. The van der Waals surface area contributed by atoms with Gasteiger partial charge in [0.05, 0.1) is 13.2 Å². The molecule has 2 nitrogen and oxygen atoms in total. The van der Waals surface area contributed by atoms with Crippen molar-refractivity contribution in [3.8, 4) is 18.1 Å². The van der Waals surface area contributed by atoms with E-state index in [4.69, 9.17) is 11.2 Å². The fraction of sp³-hybridized carbons (Fsp3) is 0.385. The topological polar surface area (TPSA) is 21.3 Å². The summed E-state index contributed by atoms with van der Waals surface area (Å²) in [6.45, 7) is 4.76. The minimum absolute atomic E-state index is 0.0789. The van der Waals surface area contributed by atoms with Gasteiger partial charge in [0.2, 0.25) is 0 Å². The van der Waals surface area contributed by atoms with Gasteiger partial charge in [0.15, 0.2) is 0 Å². The molecule has 0 aliphatic carbocycles. The van der Waals surface area contributed by atoms with Crippen LogP contribution >= 0.6 is 0 Å². The summed E-state index contributed by atoms with van der Waals surface area (Å²) < 4.78 is 5.27. The highest BCUT2D eigenvalue weighted by molar-refractivity contribution is 5.36. The largest absolute Gasteiger partial charge is 0.496 e. The van der Waals surface area contributed by atoms with Crippen molar-refractivity contribution < 1.29 is 4.74 Å². The van der Waals surface area contributed by atoms with Gasteiger partial charge in [-0.3, -0.25) is 5.32 Å². The summed E-state index contributed by atoms with van der Waals surface area (Å²) in [4.78, 5) is 0. The van der Waals surface area contributed by atoms with E-state index < -0.39 is 0 Å². The van der Waals surface area contributed by atoms with Gasteiger partial charge in [-0.05, 0) is 19.9 Å². The maximum atomic E-state index is 5.29. The zero-order chi connectivity index (χ0) is 11.3. The van der Waals surface area contributed by atoms with Crippen molar-refractivity contribution in [2.45, 2.75) is 26.4 Å². The lowest BCUT2D eigenvalue weighted by molar-refractivity contribution is 0.407. The summed E-state index contributed by atoms with van der Waals surface area (Å²) in [6, 6.07) is 6.20. The third-order valence-corrected chi connectivity index (χ3v) is 2.28. The number of benzene rings is 1. The molecule has 0 aliphatic rings. The van der Waals surface area contributed by atoms with Crippen LogP contribution in [0.1, 0.15) is 18.1 Å². The zero-order valence-corrected chi connectivity index (χ0v) is 9.50. The summed E-state index contributed by atoms with van der Waals surface area (Å²) in [5, 5.41) is 3.23. The van der Waals surface area contributed by atoms with Crippen LogP contribution in [-0.4, -0.2) is 13.2 Å². The molecule has 0 aliphatic heterocycles. The van der Waals surface area contributed by atoms with Crippen molar-refractivity contribution in [2.75, 3.05) is 7.11 Å². The molecule has 0 aromatic heterocycles. The van der Waals surface area contributed by atoms with Crippen molar-refractivity contribution in [3.63, 3.8) is 0 Å². The fourth-order valence-electron chi connectivity index (χ4n) is 1.37. The summed E-state index contributed by atoms with van der Waals surface area (Å²) in [5.74, 6) is 3.54. The van der Waals surface area contributed by atoms with E-state index in [1.54, 1.807) is 7.11 Å². The molecule has 80 valence electrons. The van der Waals surface area contributed by atoms with E-state index in [0.29, 0.717) is 0 Å². The molecule has 0 radical (unpaired) electrons. The molecule has 1 aromatic rings. The molecular weight excluding hydrogens is 186 g/mol. The third-order valence-electron chi connectivity index (χ3n) is 2.28. The summed E-state index contributed by atoms with van der Waals surface area (Å²) >= 11 is 0. The van der Waals surface area contributed by atoms with Crippen LogP contribution in [0.2, 0.25) is 0 Å². The van der Waals surface area contributed by atoms with Crippen molar-refractivity contribution in [1.29, 1.82) is 0 Å². The molecule has 1 aromatic carbocycles. The van der Waals surface area contributed by atoms with Crippen LogP contribution in [0, 0.1) is 19.3 Å². The maximum absolute atomic E-state index is 5.29. The number of hydrogen-bond acceptors (Lipinski definition) is 2. The lowest BCUT2D eigenvalue weighted by Gasteiger charge is -2.12. The van der Waals surface area contributed by atoms with Crippen molar-refractivity contribution in [2.24, 2.45) is 0 Å². The Kier molecular flexibility index (Phi) is 4.20. The number of hydrogen-bond donors (Lipinski definition) is 1. The van der Waals surface area contributed by atoms with Crippen LogP contribution in [-0.2, 0) is 6.54 Å². The summed E-state index contributed by atoms with van der Waals surface area (Å²) in [5.41, 5.74) is 2.36. The minimum Gasteiger partial charge on any atom is -0.496 e. The standard InChI is InChI=1S/C13H17NO/c1-5-11(3)14-9-12-8-10(2)6-7-13(12)15-4/h1,6-8,11,14H,9H2,2-4H3. The van der Waals surface area contributed by atoms with Gasteiger partial charge < -0.3 is 4.74 Å². The molecule has 1 unspecified atom stereocenters. The minimum atomic E-state index is 0.0789. The molecule has 2 heteroatoms. The number of terminal acetylenes is 1. The molecule has 0 fully saturated rings. The average molecular weight is 203 g/mol. The Hall–Kier alpha value is -1.46. The van der Waals surface area contributed by atoms with Crippen LogP contribution in [0.15, 0.2) is 18.2 Å².